The molecule has 0 unspecified atom stereocenters. The maximum atomic E-state index is 5.93. The Kier molecular flexibility index (Phi) is 5.83. The fourth-order valence-electron chi connectivity index (χ4n) is 2.08. The highest BCUT2D eigenvalue weighted by atomic mass is 16.5. The SMILES string of the molecule is COC(C)(C)CCOc1c(C)cc(CCN)cc1C. The van der Waals surface area contributed by atoms with Crippen LogP contribution in [0.4, 0.5) is 0 Å². The van der Waals surface area contributed by atoms with Crippen LogP contribution in [-0.2, 0) is 11.2 Å². The van der Waals surface area contributed by atoms with Crippen LogP contribution >= 0.6 is 0 Å². The number of methoxy groups -OCH3 is 1. The molecule has 0 radical (unpaired) electrons. The van der Waals surface area contributed by atoms with E-state index < -0.39 is 0 Å². The maximum absolute atomic E-state index is 5.93. The van der Waals surface area contributed by atoms with Crippen LogP contribution in [0.3, 0.4) is 0 Å². The molecule has 0 bridgehead atoms. The van der Waals surface area contributed by atoms with Gasteiger partial charge >= 0.3 is 0 Å². The summed E-state index contributed by atoms with van der Waals surface area (Å²) >= 11 is 0. The van der Waals surface area contributed by atoms with Gasteiger partial charge in [-0.25, -0.2) is 0 Å². The smallest absolute Gasteiger partial charge is 0.125 e. The second-order valence-electron chi connectivity index (χ2n) is 5.66. The number of nitrogens with two attached hydrogens (primary N) is 1. The van der Waals surface area contributed by atoms with Crippen molar-refractivity contribution in [1.29, 1.82) is 0 Å². The quantitative estimate of drug-likeness (QED) is 0.824. The Bertz CT molecular complexity index is 390. The lowest BCUT2D eigenvalue weighted by Gasteiger charge is -2.23. The molecule has 0 saturated carbocycles. The standard InChI is InChI=1S/C16H27NO2/c1-12-10-14(6-8-17)11-13(2)15(12)19-9-7-16(3,4)18-5/h10-11H,6-9,17H2,1-5H3. The van der Waals surface area contributed by atoms with Gasteiger partial charge in [-0.15, -0.1) is 0 Å². The topological polar surface area (TPSA) is 44.5 Å². The lowest BCUT2D eigenvalue weighted by molar-refractivity contribution is 0.00533. The minimum absolute atomic E-state index is 0.138. The van der Waals surface area contributed by atoms with Gasteiger partial charge in [0, 0.05) is 13.5 Å². The molecule has 0 heterocycles. The first-order valence-corrected chi connectivity index (χ1v) is 6.88. The molecule has 0 aliphatic rings. The van der Waals surface area contributed by atoms with Crippen molar-refractivity contribution in [2.24, 2.45) is 5.73 Å². The molecule has 0 aliphatic heterocycles. The van der Waals surface area contributed by atoms with Crippen molar-refractivity contribution in [2.75, 3.05) is 20.3 Å². The minimum atomic E-state index is -0.138. The van der Waals surface area contributed by atoms with Crippen molar-refractivity contribution in [3.63, 3.8) is 0 Å². The number of benzene rings is 1. The first-order valence-electron chi connectivity index (χ1n) is 6.88. The zero-order valence-electron chi connectivity index (χ0n) is 12.9. The lowest BCUT2D eigenvalue weighted by Crippen LogP contribution is -2.25. The van der Waals surface area contributed by atoms with E-state index in [0.717, 1.165) is 18.6 Å². The Hall–Kier alpha value is -1.06. The van der Waals surface area contributed by atoms with Crippen molar-refractivity contribution in [3.8, 4) is 5.75 Å². The van der Waals surface area contributed by atoms with Crippen LogP contribution in [0.25, 0.3) is 0 Å². The van der Waals surface area contributed by atoms with Gasteiger partial charge < -0.3 is 15.2 Å². The molecule has 0 fully saturated rings. The summed E-state index contributed by atoms with van der Waals surface area (Å²) in [5, 5.41) is 0. The number of hydrogen-bond acceptors (Lipinski definition) is 3. The summed E-state index contributed by atoms with van der Waals surface area (Å²) < 4.78 is 11.3. The second kappa shape index (κ2) is 6.92. The van der Waals surface area contributed by atoms with E-state index in [0.29, 0.717) is 13.2 Å². The second-order valence-corrected chi connectivity index (χ2v) is 5.66. The van der Waals surface area contributed by atoms with Crippen LogP contribution in [-0.4, -0.2) is 25.9 Å². The zero-order valence-corrected chi connectivity index (χ0v) is 12.9. The monoisotopic (exact) mass is 265 g/mol. The van der Waals surface area contributed by atoms with E-state index in [4.69, 9.17) is 15.2 Å². The van der Waals surface area contributed by atoms with Gasteiger partial charge in [0.2, 0.25) is 0 Å². The van der Waals surface area contributed by atoms with E-state index in [-0.39, 0.29) is 5.60 Å². The fraction of sp³-hybridized carbons (Fsp3) is 0.625. The molecular formula is C16H27NO2. The summed E-state index contributed by atoms with van der Waals surface area (Å²) in [6, 6.07) is 4.33. The molecule has 3 nitrogen and oxygen atoms in total. The number of hydrogen-bond donors (Lipinski definition) is 1. The average Bonchev–Trinajstić information content (AvgIpc) is 2.33. The van der Waals surface area contributed by atoms with Crippen molar-refractivity contribution in [1.82, 2.24) is 0 Å². The molecule has 0 amide bonds. The van der Waals surface area contributed by atoms with E-state index >= 15 is 0 Å². The molecule has 3 heteroatoms. The first kappa shape index (κ1) is 16.0. The van der Waals surface area contributed by atoms with Crippen LogP contribution < -0.4 is 10.5 Å². The molecule has 1 aromatic rings. The molecule has 0 aliphatic carbocycles. The molecule has 19 heavy (non-hydrogen) atoms. The Morgan fingerprint density at radius 2 is 1.74 bits per heavy atom. The van der Waals surface area contributed by atoms with Gasteiger partial charge in [0.05, 0.1) is 12.2 Å². The molecule has 0 aromatic heterocycles. The average molecular weight is 265 g/mol. The normalized spacial score (nSPS) is 11.7. The molecule has 2 N–H and O–H groups in total. The predicted molar refractivity (Wildman–Crippen MR) is 79.9 cm³/mol. The van der Waals surface area contributed by atoms with Crippen molar-refractivity contribution in [2.45, 2.75) is 46.1 Å². The Morgan fingerprint density at radius 3 is 2.21 bits per heavy atom. The van der Waals surface area contributed by atoms with Gasteiger partial charge in [0.25, 0.3) is 0 Å². The van der Waals surface area contributed by atoms with Crippen LogP contribution in [0.15, 0.2) is 12.1 Å². The van der Waals surface area contributed by atoms with Crippen LogP contribution in [0.2, 0.25) is 0 Å². The Morgan fingerprint density at radius 1 is 1.16 bits per heavy atom. The van der Waals surface area contributed by atoms with Crippen molar-refractivity contribution in [3.05, 3.63) is 28.8 Å². The summed E-state index contributed by atoms with van der Waals surface area (Å²) in [6.45, 7) is 9.66. The fourth-order valence-corrected chi connectivity index (χ4v) is 2.08. The van der Waals surface area contributed by atoms with Gasteiger partial charge in [-0.2, -0.15) is 0 Å². The van der Waals surface area contributed by atoms with E-state index in [2.05, 4.69) is 39.8 Å². The van der Waals surface area contributed by atoms with Gasteiger partial charge in [-0.3, -0.25) is 0 Å². The van der Waals surface area contributed by atoms with Crippen molar-refractivity contribution < 1.29 is 9.47 Å². The molecule has 0 atom stereocenters. The van der Waals surface area contributed by atoms with E-state index in [1.54, 1.807) is 7.11 Å². The molecule has 0 saturated heterocycles. The molecule has 108 valence electrons. The maximum Gasteiger partial charge on any atom is 0.125 e. The van der Waals surface area contributed by atoms with Crippen LogP contribution in [0.1, 0.15) is 37.0 Å². The molecular weight excluding hydrogens is 238 g/mol. The molecule has 0 spiro atoms. The highest BCUT2D eigenvalue weighted by Crippen LogP contribution is 2.26. The van der Waals surface area contributed by atoms with Crippen molar-refractivity contribution >= 4 is 0 Å². The van der Waals surface area contributed by atoms with Crippen LogP contribution in [0.5, 0.6) is 5.75 Å². The summed E-state index contributed by atoms with van der Waals surface area (Å²) in [5.41, 5.74) is 9.10. The Balaban J connectivity index is 2.69. The third-order valence-corrected chi connectivity index (χ3v) is 3.46. The van der Waals surface area contributed by atoms with Gasteiger partial charge in [0.1, 0.15) is 5.75 Å². The third-order valence-electron chi connectivity index (χ3n) is 3.46. The number of aryl methyl sites for hydroxylation is 2. The summed E-state index contributed by atoms with van der Waals surface area (Å²) in [4.78, 5) is 0. The number of rotatable bonds is 7. The summed E-state index contributed by atoms with van der Waals surface area (Å²) in [5.74, 6) is 0.993. The molecule has 1 rings (SSSR count). The van der Waals surface area contributed by atoms with Gasteiger partial charge in [0.15, 0.2) is 0 Å². The van der Waals surface area contributed by atoms with Crippen LogP contribution in [0, 0.1) is 13.8 Å². The number of ether oxygens (including phenoxy) is 2. The lowest BCUT2D eigenvalue weighted by atomic mass is 10.0. The van der Waals surface area contributed by atoms with Gasteiger partial charge in [-0.05, 0) is 57.4 Å². The summed E-state index contributed by atoms with van der Waals surface area (Å²) in [7, 11) is 1.73. The first-order chi connectivity index (χ1) is 8.89. The van der Waals surface area contributed by atoms with E-state index in [1.165, 1.54) is 16.7 Å². The zero-order chi connectivity index (χ0) is 14.5. The largest absolute Gasteiger partial charge is 0.493 e. The minimum Gasteiger partial charge on any atom is -0.493 e. The third kappa shape index (κ3) is 4.84. The molecule has 1 aromatic carbocycles. The highest BCUT2D eigenvalue weighted by molar-refractivity contribution is 5.43. The van der Waals surface area contributed by atoms with E-state index in [1.807, 2.05) is 0 Å². The highest BCUT2D eigenvalue weighted by Gasteiger charge is 2.16. The van der Waals surface area contributed by atoms with E-state index in [9.17, 15) is 0 Å². The van der Waals surface area contributed by atoms with Gasteiger partial charge in [-0.1, -0.05) is 12.1 Å². The summed E-state index contributed by atoms with van der Waals surface area (Å²) in [6.07, 6.45) is 1.78. The Labute approximate surface area is 117 Å². The predicted octanol–water partition coefficient (Wildman–Crippen LogP) is 3.00.